The van der Waals surface area contributed by atoms with Gasteiger partial charge in [-0.2, -0.15) is 0 Å². The standard InChI is InChI=1S/C38H61N9O/c48-37-7-1-6-35-12-13-36(44-38(35)37)32-47-26-5-18-42-22-28-46(25-4-17-43-23-29-47)31-34-10-8-33(9-11-34)30-45-24-3-16-40-20-19-39-14-2-15-41-21-27-45/h1,6-13,39-43,48H,2-5,14-32H2. The summed E-state index contributed by atoms with van der Waals surface area (Å²) in [6.07, 6.45) is 4.60. The lowest BCUT2D eigenvalue weighted by Crippen LogP contribution is -2.38. The number of rotatable bonds is 6. The number of aromatic hydroxyl groups is 1. The number of benzene rings is 2. The van der Waals surface area contributed by atoms with Gasteiger partial charge in [-0.1, -0.05) is 42.5 Å². The van der Waals surface area contributed by atoms with Crippen molar-refractivity contribution in [3.8, 4) is 5.75 Å². The molecule has 3 aromatic rings. The Morgan fingerprint density at radius 2 is 0.958 bits per heavy atom. The molecule has 2 fully saturated rings. The number of para-hydroxylation sites is 1. The number of aromatic nitrogens is 1. The molecule has 48 heavy (non-hydrogen) atoms. The van der Waals surface area contributed by atoms with Gasteiger partial charge in [-0.25, -0.2) is 4.98 Å². The quantitative estimate of drug-likeness (QED) is 0.237. The number of fused-ring (bicyclic) bond motifs is 1. The molecule has 0 aliphatic carbocycles. The summed E-state index contributed by atoms with van der Waals surface area (Å²) in [7, 11) is 0. The number of nitrogens with zero attached hydrogens (tertiary/aromatic N) is 4. The fraction of sp³-hybridized carbons (Fsp3) is 0.605. The summed E-state index contributed by atoms with van der Waals surface area (Å²) in [6, 6.07) is 19.1. The maximum absolute atomic E-state index is 10.3. The van der Waals surface area contributed by atoms with Crippen LogP contribution in [0.3, 0.4) is 0 Å². The third-order valence-corrected chi connectivity index (χ3v) is 9.46. The van der Waals surface area contributed by atoms with E-state index in [1.807, 2.05) is 12.1 Å². The fourth-order valence-electron chi connectivity index (χ4n) is 6.70. The molecule has 2 saturated heterocycles. The van der Waals surface area contributed by atoms with Gasteiger partial charge in [0.05, 0.1) is 5.69 Å². The molecule has 10 nitrogen and oxygen atoms in total. The second kappa shape index (κ2) is 21.4. The molecule has 2 aliphatic rings. The van der Waals surface area contributed by atoms with Crippen molar-refractivity contribution >= 4 is 10.9 Å². The predicted molar refractivity (Wildman–Crippen MR) is 198 cm³/mol. The Balaban J connectivity index is 1.05. The molecule has 0 saturated carbocycles. The average molecular weight is 660 g/mol. The van der Waals surface area contributed by atoms with Crippen molar-refractivity contribution in [3.05, 3.63) is 71.4 Å². The zero-order chi connectivity index (χ0) is 33.1. The summed E-state index contributed by atoms with van der Waals surface area (Å²) in [6.45, 7) is 19.6. The van der Waals surface area contributed by atoms with E-state index < -0.39 is 0 Å². The lowest BCUT2D eigenvalue weighted by molar-refractivity contribution is 0.240. The number of pyridine rings is 1. The highest BCUT2D eigenvalue weighted by molar-refractivity contribution is 5.84. The van der Waals surface area contributed by atoms with E-state index in [0.29, 0.717) is 5.52 Å². The maximum atomic E-state index is 10.3. The Morgan fingerprint density at radius 1 is 0.479 bits per heavy atom. The van der Waals surface area contributed by atoms with E-state index in [1.165, 1.54) is 24.0 Å². The molecule has 2 aromatic carbocycles. The zero-order valence-electron chi connectivity index (χ0n) is 29.2. The molecule has 5 rings (SSSR count). The van der Waals surface area contributed by atoms with Crippen molar-refractivity contribution in [3.63, 3.8) is 0 Å². The van der Waals surface area contributed by atoms with E-state index in [4.69, 9.17) is 4.98 Å². The van der Waals surface area contributed by atoms with Crippen LogP contribution in [-0.4, -0.2) is 130 Å². The van der Waals surface area contributed by atoms with E-state index in [-0.39, 0.29) is 5.75 Å². The number of hydrogen-bond donors (Lipinski definition) is 6. The first-order valence-corrected chi connectivity index (χ1v) is 18.6. The molecule has 0 radical (unpaired) electrons. The molecular formula is C38H61N9O. The van der Waals surface area contributed by atoms with Crippen LogP contribution >= 0.6 is 0 Å². The summed E-state index contributed by atoms with van der Waals surface area (Å²) in [5.41, 5.74) is 4.51. The normalized spacial score (nSPS) is 20.6. The Morgan fingerprint density at radius 3 is 1.50 bits per heavy atom. The molecule has 0 unspecified atom stereocenters. The van der Waals surface area contributed by atoms with Gasteiger partial charge in [0.15, 0.2) is 0 Å². The van der Waals surface area contributed by atoms with E-state index in [1.54, 1.807) is 6.07 Å². The lowest BCUT2D eigenvalue weighted by atomic mass is 10.1. The molecule has 6 N–H and O–H groups in total. The Hall–Kier alpha value is -2.67. The van der Waals surface area contributed by atoms with Gasteiger partial charge in [-0.05, 0) is 101 Å². The van der Waals surface area contributed by atoms with Gasteiger partial charge in [-0.3, -0.25) is 14.7 Å². The molecule has 0 bridgehead atoms. The summed E-state index contributed by atoms with van der Waals surface area (Å²) in [4.78, 5) is 12.5. The predicted octanol–water partition coefficient (Wildman–Crippen LogP) is 2.58. The van der Waals surface area contributed by atoms with Gasteiger partial charge in [0.1, 0.15) is 11.3 Å². The minimum atomic E-state index is 0.252. The highest BCUT2D eigenvalue weighted by atomic mass is 16.3. The second-order valence-corrected chi connectivity index (χ2v) is 13.5. The van der Waals surface area contributed by atoms with Crippen LogP contribution in [0.4, 0.5) is 0 Å². The van der Waals surface area contributed by atoms with Crippen LogP contribution in [0.15, 0.2) is 54.6 Å². The third kappa shape index (κ3) is 13.3. The van der Waals surface area contributed by atoms with Crippen molar-refractivity contribution in [1.82, 2.24) is 46.3 Å². The molecule has 0 atom stereocenters. The summed E-state index contributed by atoms with van der Waals surface area (Å²) < 4.78 is 0. The monoisotopic (exact) mass is 659 g/mol. The van der Waals surface area contributed by atoms with Gasteiger partial charge in [0, 0.05) is 77.4 Å². The summed E-state index contributed by atoms with van der Waals surface area (Å²) >= 11 is 0. The van der Waals surface area contributed by atoms with Crippen LogP contribution in [0.5, 0.6) is 5.75 Å². The zero-order valence-corrected chi connectivity index (χ0v) is 29.2. The van der Waals surface area contributed by atoms with Crippen LogP contribution in [0.1, 0.15) is 42.5 Å². The van der Waals surface area contributed by atoms with Gasteiger partial charge in [-0.15, -0.1) is 0 Å². The summed E-state index contributed by atoms with van der Waals surface area (Å²) in [5.74, 6) is 0.252. The number of phenols is 1. The van der Waals surface area contributed by atoms with Crippen LogP contribution in [0.25, 0.3) is 10.9 Å². The van der Waals surface area contributed by atoms with E-state index in [2.05, 4.69) is 77.7 Å². The number of hydrogen-bond acceptors (Lipinski definition) is 10. The molecule has 2 aliphatic heterocycles. The van der Waals surface area contributed by atoms with E-state index >= 15 is 0 Å². The highest BCUT2D eigenvalue weighted by Gasteiger charge is 2.12. The molecule has 0 spiro atoms. The SMILES string of the molecule is Oc1cccc2ccc(CN3CCCNCCN(Cc4ccc(CN5CCCNCCNCCCNCC5)cc4)CCCNCC3)nc12. The van der Waals surface area contributed by atoms with Crippen molar-refractivity contribution in [2.45, 2.75) is 45.3 Å². The Kier molecular flexibility index (Phi) is 16.3. The fourth-order valence-corrected chi connectivity index (χ4v) is 6.70. The van der Waals surface area contributed by atoms with Gasteiger partial charge in [0.25, 0.3) is 0 Å². The van der Waals surface area contributed by atoms with Crippen LogP contribution in [-0.2, 0) is 19.6 Å². The van der Waals surface area contributed by atoms with Crippen molar-refractivity contribution in [2.24, 2.45) is 0 Å². The van der Waals surface area contributed by atoms with Gasteiger partial charge in [0.2, 0.25) is 0 Å². The number of nitrogens with one attached hydrogen (secondary N) is 5. The highest BCUT2D eigenvalue weighted by Crippen LogP contribution is 2.22. The van der Waals surface area contributed by atoms with Crippen molar-refractivity contribution in [2.75, 3.05) is 105 Å². The molecule has 10 heteroatoms. The topological polar surface area (TPSA) is 103 Å². The minimum absolute atomic E-state index is 0.252. The molecule has 1 aromatic heterocycles. The molecular weight excluding hydrogens is 598 g/mol. The smallest absolute Gasteiger partial charge is 0.141 e. The number of phenolic OH excluding ortho intramolecular Hbond substituents is 1. The summed E-state index contributed by atoms with van der Waals surface area (Å²) in [5, 5.41) is 29.4. The molecule has 264 valence electrons. The molecule has 0 amide bonds. The molecule has 3 heterocycles. The lowest BCUT2D eigenvalue weighted by Gasteiger charge is -2.26. The van der Waals surface area contributed by atoms with Crippen LogP contribution < -0.4 is 26.6 Å². The second-order valence-electron chi connectivity index (χ2n) is 13.5. The first kappa shape index (κ1) is 36.6. The Labute approximate surface area is 289 Å². The average Bonchev–Trinajstić information content (AvgIpc) is 3.10. The van der Waals surface area contributed by atoms with Crippen LogP contribution in [0, 0.1) is 0 Å². The van der Waals surface area contributed by atoms with Crippen molar-refractivity contribution in [1.29, 1.82) is 0 Å². The minimum Gasteiger partial charge on any atom is -0.506 e. The van der Waals surface area contributed by atoms with Crippen molar-refractivity contribution < 1.29 is 5.11 Å². The first-order chi connectivity index (χ1) is 23.7. The maximum Gasteiger partial charge on any atom is 0.141 e. The Bertz CT molecular complexity index is 1280. The van der Waals surface area contributed by atoms with Gasteiger partial charge < -0.3 is 31.7 Å². The van der Waals surface area contributed by atoms with Crippen LogP contribution in [0.2, 0.25) is 0 Å². The van der Waals surface area contributed by atoms with E-state index in [0.717, 1.165) is 148 Å². The van der Waals surface area contributed by atoms with Gasteiger partial charge >= 0.3 is 0 Å². The van der Waals surface area contributed by atoms with E-state index in [9.17, 15) is 5.11 Å². The first-order valence-electron chi connectivity index (χ1n) is 18.6. The largest absolute Gasteiger partial charge is 0.506 e. The third-order valence-electron chi connectivity index (χ3n) is 9.46.